The molecule has 0 unspecified atom stereocenters. The smallest absolute Gasteiger partial charge is 0.0702 e. The minimum absolute atomic E-state index is 0.276. The van der Waals surface area contributed by atoms with Gasteiger partial charge in [0.25, 0.3) is 0 Å². The Balaban J connectivity index is 2.51. The highest BCUT2D eigenvalue weighted by Gasteiger charge is 2.09. The summed E-state index contributed by atoms with van der Waals surface area (Å²) in [6.45, 7) is 0. The lowest BCUT2D eigenvalue weighted by Gasteiger charge is -2.09. The summed E-state index contributed by atoms with van der Waals surface area (Å²) < 4.78 is 2.48. The second-order valence-corrected chi connectivity index (χ2v) is 6.76. The summed E-state index contributed by atoms with van der Waals surface area (Å²) in [5.74, 6) is 0. The summed E-state index contributed by atoms with van der Waals surface area (Å²) >= 11 is 17.7. The largest absolute Gasteiger partial charge is 0.115 e. The van der Waals surface area contributed by atoms with Crippen molar-refractivity contribution < 1.29 is 0 Å². The van der Waals surface area contributed by atoms with Crippen LogP contribution in [0.4, 0.5) is 0 Å². The fraction of sp³-hybridized carbons (Fsp3) is 0. The molecule has 0 saturated heterocycles. The molecule has 0 radical (unpaired) electrons. The second-order valence-electron chi connectivity index (χ2n) is 3.65. The Kier molecular flexibility index (Phi) is 5.13. The lowest BCUT2D eigenvalue weighted by Crippen LogP contribution is -1.89. The molecule has 18 heavy (non-hydrogen) atoms. The Morgan fingerprint density at radius 3 is 1.72 bits per heavy atom. The lowest BCUT2D eigenvalue weighted by molar-refractivity contribution is 1.52. The van der Waals surface area contributed by atoms with Crippen LogP contribution >= 0.6 is 61.7 Å². The zero-order valence-corrected chi connectivity index (χ0v) is 14.4. The molecule has 0 spiro atoms. The van der Waals surface area contributed by atoms with Crippen LogP contribution in [0.3, 0.4) is 0 Å². The number of halogens is 4. The molecule has 0 N–H and O–H groups in total. The van der Waals surface area contributed by atoms with Gasteiger partial charge in [0.05, 0.1) is 0 Å². The first-order valence-corrected chi connectivity index (χ1v) is 7.78. The molecule has 0 amide bonds. The zero-order valence-electron chi connectivity index (χ0n) is 9.13. The Labute approximate surface area is 138 Å². The van der Waals surface area contributed by atoms with Gasteiger partial charge in [-0.15, -0.1) is 0 Å². The van der Waals surface area contributed by atoms with Crippen LogP contribution in [0.2, 0.25) is 0 Å². The van der Waals surface area contributed by atoms with Gasteiger partial charge in [-0.3, -0.25) is 0 Å². The van der Waals surface area contributed by atoms with Gasteiger partial charge in [-0.2, -0.15) is 0 Å². The predicted octanol–water partition coefficient (Wildman–Crippen LogP) is 6.25. The van der Waals surface area contributed by atoms with Crippen molar-refractivity contribution in [3.8, 4) is 0 Å². The zero-order chi connectivity index (χ0) is 13.1. The summed E-state index contributed by atoms with van der Waals surface area (Å²) in [7, 11) is 0. The number of hydrogen-bond donors (Lipinski definition) is 0. The quantitative estimate of drug-likeness (QED) is 0.471. The summed E-state index contributed by atoms with van der Waals surface area (Å²) in [5.41, 5.74) is 2.86. The van der Waals surface area contributed by atoms with E-state index in [1.165, 1.54) is 3.57 Å². The van der Waals surface area contributed by atoms with E-state index >= 15 is 0 Å². The van der Waals surface area contributed by atoms with E-state index in [9.17, 15) is 0 Å². The van der Waals surface area contributed by atoms with Crippen molar-refractivity contribution in [2.45, 2.75) is 0 Å². The summed E-state index contributed by atoms with van der Waals surface area (Å²) in [6.07, 6.45) is 0. The normalized spacial score (nSPS) is 10.2. The molecule has 92 valence electrons. The van der Waals surface area contributed by atoms with E-state index in [1.54, 1.807) is 0 Å². The fourth-order valence-corrected chi connectivity index (χ4v) is 2.68. The van der Waals surface area contributed by atoms with Gasteiger partial charge < -0.3 is 0 Å². The topological polar surface area (TPSA) is 0 Å². The van der Waals surface area contributed by atoms with E-state index in [4.69, 9.17) is 23.2 Å². The van der Waals surface area contributed by atoms with Crippen LogP contribution in [0.1, 0.15) is 11.1 Å². The first-order valence-electron chi connectivity index (χ1n) is 5.15. The van der Waals surface area contributed by atoms with E-state index < -0.39 is 0 Å². The molecule has 0 atom stereocenters. The first kappa shape index (κ1) is 14.4. The van der Waals surface area contributed by atoms with E-state index in [0.29, 0.717) is 0 Å². The Bertz CT molecular complexity index is 522. The third kappa shape index (κ3) is 3.50. The third-order valence-corrected chi connectivity index (χ3v) is 4.08. The van der Waals surface area contributed by atoms with Crippen molar-refractivity contribution in [1.82, 2.24) is 0 Å². The maximum absolute atomic E-state index is 6.02. The van der Waals surface area contributed by atoms with Gasteiger partial charge in [0.2, 0.25) is 0 Å². The van der Waals surface area contributed by atoms with Crippen LogP contribution in [-0.4, -0.2) is 0 Å². The molecule has 0 bridgehead atoms. The number of hydrogen-bond acceptors (Lipinski definition) is 0. The highest BCUT2D eigenvalue weighted by molar-refractivity contribution is 14.1. The maximum Gasteiger partial charge on any atom is 0.115 e. The minimum Gasteiger partial charge on any atom is -0.0702 e. The third-order valence-electron chi connectivity index (χ3n) is 2.45. The molecule has 0 aliphatic heterocycles. The first-order chi connectivity index (χ1) is 8.58. The van der Waals surface area contributed by atoms with Crippen molar-refractivity contribution >= 4 is 67.3 Å². The van der Waals surface area contributed by atoms with E-state index in [1.807, 2.05) is 48.5 Å². The minimum atomic E-state index is 0.276. The molecular formula is C14H8BrCl2I. The van der Waals surface area contributed by atoms with Gasteiger partial charge >= 0.3 is 0 Å². The van der Waals surface area contributed by atoms with Crippen molar-refractivity contribution in [2.75, 3.05) is 0 Å². The summed E-state index contributed by atoms with van der Waals surface area (Å²) in [5, 5.41) is 0. The molecule has 0 saturated carbocycles. The van der Waals surface area contributed by atoms with Gasteiger partial charge in [0.15, 0.2) is 0 Å². The Hall–Kier alpha value is -0.0300. The average Bonchev–Trinajstić information content (AvgIpc) is 2.34. The number of rotatable bonds is 2. The molecule has 0 aromatic heterocycles. The van der Waals surface area contributed by atoms with Crippen LogP contribution in [0, 0.1) is 3.57 Å². The highest BCUT2D eigenvalue weighted by Crippen LogP contribution is 2.31. The van der Waals surface area contributed by atoms with E-state index in [-0.39, 0.29) is 4.49 Å². The molecule has 4 heteroatoms. The molecule has 0 aliphatic rings. The van der Waals surface area contributed by atoms with E-state index in [2.05, 4.69) is 38.5 Å². The molecule has 2 aromatic carbocycles. The highest BCUT2D eigenvalue weighted by atomic mass is 127. The van der Waals surface area contributed by atoms with Crippen LogP contribution in [0.5, 0.6) is 0 Å². The summed E-state index contributed by atoms with van der Waals surface area (Å²) in [6, 6.07) is 16.0. The molecule has 0 aliphatic carbocycles. The predicted molar refractivity (Wildman–Crippen MR) is 91.0 cm³/mol. The molecule has 0 fully saturated rings. The van der Waals surface area contributed by atoms with Crippen molar-refractivity contribution in [3.63, 3.8) is 0 Å². The monoisotopic (exact) mass is 452 g/mol. The molecule has 0 heterocycles. The average molecular weight is 454 g/mol. The molecule has 0 nitrogen and oxygen atoms in total. The van der Waals surface area contributed by atoms with Gasteiger partial charge in [-0.05, 0) is 58.0 Å². The van der Waals surface area contributed by atoms with E-state index in [0.717, 1.165) is 21.2 Å². The standard InChI is InChI=1S/C14H8BrCl2I/c15-11-5-1-9(2-6-11)13(14(16)17)10-3-7-12(18)8-4-10/h1-8H. The van der Waals surface area contributed by atoms with Gasteiger partial charge in [0.1, 0.15) is 4.49 Å². The van der Waals surface area contributed by atoms with Crippen LogP contribution in [0.25, 0.3) is 5.57 Å². The van der Waals surface area contributed by atoms with Gasteiger partial charge in [-0.1, -0.05) is 63.4 Å². The second kappa shape index (κ2) is 6.42. The Morgan fingerprint density at radius 1 is 0.833 bits per heavy atom. The lowest BCUT2D eigenvalue weighted by atomic mass is 10.00. The maximum atomic E-state index is 6.02. The van der Waals surface area contributed by atoms with Crippen LogP contribution in [-0.2, 0) is 0 Å². The fourth-order valence-electron chi connectivity index (χ4n) is 1.62. The van der Waals surface area contributed by atoms with Gasteiger partial charge in [-0.25, -0.2) is 0 Å². The molecule has 2 aromatic rings. The Morgan fingerprint density at radius 2 is 1.28 bits per heavy atom. The van der Waals surface area contributed by atoms with Gasteiger partial charge in [0, 0.05) is 13.6 Å². The summed E-state index contributed by atoms with van der Waals surface area (Å²) in [4.78, 5) is 0. The van der Waals surface area contributed by atoms with Crippen molar-refractivity contribution in [3.05, 3.63) is 72.2 Å². The van der Waals surface area contributed by atoms with Crippen molar-refractivity contribution in [2.24, 2.45) is 0 Å². The number of benzene rings is 2. The molecular weight excluding hydrogens is 446 g/mol. The SMILES string of the molecule is ClC(Cl)=C(c1ccc(Br)cc1)c1ccc(I)cc1. The molecule has 2 rings (SSSR count). The van der Waals surface area contributed by atoms with Crippen molar-refractivity contribution in [1.29, 1.82) is 0 Å². The van der Waals surface area contributed by atoms with Crippen LogP contribution < -0.4 is 0 Å². The van der Waals surface area contributed by atoms with Crippen LogP contribution in [0.15, 0.2) is 57.5 Å².